The maximum absolute atomic E-state index is 13.6. The van der Waals surface area contributed by atoms with Crippen molar-refractivity contribution in [3.05, 3.63) is 52.7 Å². The Morgan fingerprint density at radius 3 is 2.35 bits per heavy atom. The number of esters is 1. The number of thiophene rings is 1. The molecule has 0 saturated heterocycles. The minimum atomic E-state index is -0.464. The third kappa shape index (κ3) is 5.93. The van der Waals surface area contributed by atoms with Gasteiger partial charge in [-0.05, 0) is 76.1 Å². The van der Waals surface area contributed by atoms with Crippen LogP contribution in [0.4, 0.5) is 11.4 Å². The summed E-state index contributed by atoms with van der Waals surface area (Å²) in [7, 11) is 1.35. The van der Waals surface area contributed by atoms with Gasteiger partial charge in [-0.3, -0.25) is 9.59 Å². The summed E-state index contributed by atoms with van der Waals surface area (Å²) in [6, 6.07) is 10.6. The van der Waals surface area contributed by atoms with Gasteiger partial charge in [-0.15, -0.1) is 11.3 Å². The lowest BCUT2D eigenvalue weighted by Crippen LogP contribution is -2.42. The van der Waals surface area contributed by atoms with Crippen LogP contribution in [0.2, 0.25) is 0 Å². The molecule has 0 aliphatic heterocycles. The zero-order chi connectivity index (χ0) is 26.7. The van der Waals surface area contributed by atoms with Crippen LogP contribution in [0.3, 0.4) is 0 Å². The Morgan fingerprint density at radius 2 is 1.78 bits per heavy atom. The van der Waals surface area contributed by atoms with Crippen molar-refractivity contribution < 1.29 is 23.6 Å². The zero-order valence-corrected chi connectivity index (χ0v) is 22.7. The number of hydrogen-bond acceptors (Lipinski definition) is 7. The molecule has 1 saturated carbocycles. The van der Waals surface area contributed by atoms with E-state index in [2.05, 4.69) is 17.4 Å². The number of nitrogens with one attached hydrogen (secondary N) is 1. The highest BCUT2D eigenvalue weighted by atomic mass is 32.1. The molecule has 0 spiro atoms. The predicted octanol–water partition coefficient (Wildman–Crippen LogP) is 6.32. The Kier molecular flexibility index (Phi) is 8.12. The summed E-state index contributed by atoms with van der Waals surface area (Å²) >= 11 is 1.30. The van der Waals surface area contributed by atoms with E-state index in [4.69, 9.17) is 9.26 Å². The van der Waals surface area contributed by atoms with Gasteiger partial charge in [0.25, 0.3) is 5.91 Å². The van der Waals surface area contributed by atoms with Crippen LogP contribution in [-0.4, -0.2) is 36.1 Å². The van der Waals surface area contributed by atoms with Gasteiger partial charge in [-0.25, -0.2) is 4.79 Å². The summed E-state index contributed by atoms with van der Waals surface area (Å²) in [5, 5.41) is 6.53. The van der Waals surface area contributed by atoms with Crippen molar-refractivity contribution >= 4 is 40.5 Å². The molecule has 0 atom stereocenters. The monoisotopic (exact) mass is 523 g/mol. The molecule has 1 aromatic carbocycles. The minimum absolute atomic E-state index is 0.0381. The van der Waals surface area contributed by atoms with Crippen molar-refractivity contribution in [2.45, 2.75) is 59.4 Å². The van der Waals surface area contributed by atoms with E-state index in [1.807, 2.05) is 32.0 Å². The molecule has 0 unspecified atom stereocenters. The number of aromatic nitrogens is 1. The van der Waals surface area contributed by atoms with Gasteiger partial charge < -0.3 is 19.5 Å². The largest absolute Gasteiger partial charge is 0.465 e. The number of ether oxygens (including phenoxy) is 1. The molecule has 1 aliphatic carbocycles. The normalized spacial score (nSPS) is 17.5. The maximum atomic E-state index is 13.6. The van der Waals surface area contributed by atoms with Crippen molar-refractivity contribution in [1.29, 1.82) is 0 Å². The first kappa shape index (κ1) is 26.6. The van der Waals surface area contributed by atoms with Gasteiger partial charge in [0.05, 0.1) is 12.8 Å². The summed E-state index contributed by atoms with van der Waals surface area (Å²) in [5.41, 5.74) is 2.26. The Bertz CT molecular complexity index is 1270. The molecular weight excluding hydrogens is 490 g/mol. The molecule has 4 rings (SSSR count). The summed E-state index contributed by atoms with van der Waals surface area (Å²) in [6.45, 7) is 7.89. The minimum Gasteiger partial charge on any atom is -0.465 e. The van der Waals surface area contributed by atoms with E-state index in [1.165, 1.54) is 18.4 Å². The fourth-order valence-corrected chi connectivity index (χ4v) is 5.76. The number of carbonyl (C=O) groups excluding carboxylic acids is 3. The zero-order valence-electron chi connectivity index (χ0n) is 21.9. The standard InChI is InChI=1S/C28H33N3O5S/c1-16(2)31(27(33)20-8-6-17(3)7-9-20)23-15-24(37-25(23)28(34)35-5)19-10-12-21(13-11-19)29-26(32)22-14-18(4)36-30-22/h10-17,20H,6-9H2,1-5H3,(H,29,32). The second-order valence-electron chi connectivity index (χ2n) is 9.93. The van der Waals surface area contributed by atoms with Crippen molar-refractivity contribution in [2.75, 3.05) is 17.3 Å². The van der Waals surface area contributed by atoms with Crippen LogP contribution in [0, 0.1) is 18.8 Å². The first-order chi connectivity index (χ1) is 17.7. The number of rotatable bonds is 7. The average molecular weight is 524 g/mol. The number of aryl methyl sites for hydroxylation is 1. The van der Waals surface area contributed by atoms with E-state index < -0.39 is 5.97 Å². The maximum Gasteiger partial charge on any atom is 0.350 e. The molecule has 2 heterocycles. The summed E-state index contributed by atoms with van der Waals surface area (Å²) in [5.74, 6) is 0.402. The Balaban J connectivity index is 1.60. The lowest BCUT2D eigenvalue weighted by molar-refractivity contribution is -0.123. The summed E-state index contributed by atoms with van der Waals surface area (Å²) in [6.07, 6.45) is 3.82. The molecular formula is C28H33N3O5S. The lowest BCUT2D eigenvalue weighted by atomic mass is 9.82. The van der Waals surface area contributed by atoms with Gasteiger partial charge >= 0.3 is 5.97 Å². The van der Waals surface area contributed by atoms with E-state index in [-0.39, 0.29) is 29.5 Å². The van der Waals surface area contributed by atoms with Crippen LogP contribution in [0.25, 0.3) is 10.4 Å². The fourth-order valence-electron chi connectivity index (χ4n) is 4.68. The number of carbonyl (C=O) groups is 3. The van der Waals surface area contributed by atoms with Crippen molar-refractivity contribution in [3.8, 4) is 10.4 Å². The van der Waals surface area contributed by atoms with Crippen molar-refractivity contribution in [2.24, 2.45) is 11.8 Å². The number of methoxy groups -OCH3 is 1. The van der Waals surface area contributed by atoms with Gasteiger partial charge in [0.1, 0.15) is 10.6 Å². The quantitative estimate of drug-likeness (QED) is 0.364. The number of hydrogen-bond donors (Lipinski definition) is 1. The molecule has 2 aromatic heterocycles. The molecule has 1 fully saturated rings. The first-order valence-electron chi connectivity index (χ1n) is 12.6. The van der Waals surface area contributed by atoms with Crippen LogP contribution < -0.4 is 10.2 Å². The Labute approximate surface area is 221 Å². The SMILES string of the molecule is COC(=O)c1sc(-c2ccc(NC(=O)c3cc(C)on3)cc2)cc1N(C(=O)C1CCC(C)CC1)C(C)C. The van der Waals surface area contributed by atoms with Gasteiger partial charge in [0.15, 0.2) is 5.69 Å². The van der Waals surface area contributed by atoms with Crippen LogP contribution in [0.5, 0.6) is 0 Å². The number of anilines is 2. The molecule has 2 amide bonds. The molecule has 196 valence electrons. The molecule has 9 heteroatoms. The molecule has 3 aromatic rings. The third-order valence-corrected chi connectivity index (χ3v) is 7.90. The van der Waals surface area contributed by atoms with Crippen molar-refractivity contribution in [3.63, 3.8) is 0 Å². The topological polar surface area (TPSA) is 102 Å². The van der Waals surface area contributed by atoms with Crippen molar-refractivity contribution in [1.82, 2.24) is 5.16 Å². The molecule has 37 heavy (non-hydrogen) atoms. The third-order valence-electron chi connectivity index (χ3n) is 6.75. The summed E-state index contributed by atoms with van der Waals surface area (Å²) in [4.78, 5) is 41.8. The number of nitrogens with zero attached hydrogens (tertiary/aromatic N) is 2. The van der Waals surface area contributed by atoms with E-state index in [9.17, 15) is 14.4 Å². The highest BCUT2D eigenvalue weighted by Crippen LogP contribution is 2.40. The van der Waals surface area contributed by atoms with Crippen LogP contribution in [0.1, 0.15) is 72.4 Å². The highest BCUT2D eigenvalue weighted by Gasteiger charge is 2.33. The van der Waals surface area contributed by atoms with E-state index in [0.29, 0.717) is 27.9 Å². The Hall–Kier alpha value is -3.46. The molecule has 1 aliphatic rings. The Morgan fingerprint density at radius 1 is 1.11 bits per heavy atom. The summed E-state index contributed by atoms with van der Waals surface area (Å²) < 4.78 is 10.0. The molecule has 8 nitrogen and oxygen atoms in total. The highest BCUT2D eigenvalue weighted by molar-refractivity contribution is 7.18. The van der Waals surface area contributed by atoms with E-state index >= 15 is 0 Å². The number of amides is 2. The lowest BCUT2D eigenvalue weighted by Gasteiger charge is -2.33. The first-order valence-corrected chi connectivity index (χ1v) is 13.4. The van der Waals surface area contributed by atoms with Crippen LogP contribution in [-0.2, 0) is 9.53 Å². The van der Waals surface area contributed by atoms with Gasteiger partial charge in [0.2, 0.25) is 5.91 Å². The molecule has 1 N–H and O–H groups in total. The predicted molar refractivity (Wildman–Crippen MR) is 144 cm³/mol. The van der Waals surface area contributed by atoms with Crippen LogP contribution in [0.15, 0.2) is 40.9 Å². The second kappa shape index (κ2) is 11.3. The van der Waals surface area contributed by atoms with Gasteiger partial charge in [-0.1, -0.05) is 24.2 Å². The van der Waals surface area contributed by atoms with E-state index in [1.54, 1.807) is 30.0 Å². The number of benzene rings is 1. The van der Waals surface area contributed by atoms with Gasteiger partial charge in [0, 0.05) is 28.6 Å². The van der Waals surface area contributed by atoms with Crippen LogP contribution >= 0.6 is 11.3 Å². The average Bonchev–Trinajstić information content (AvgIpc) is 3.51. The molecule has 0 bridgehead atoms. The second-order valence-corrected chi connectivity index (χ2v) is 11.0. The molecule has 0 radical (unpaired) electrons. The van der Waals surface area contributed by atoms with Gasteiger partial charge in [-0.2, -0.15) is 0 Å². The smallest absolute Gasteiger partial charge is 0.350 e. The fraction of sp³-hybridized carbons (Fsp3) is 0.429. The van der Waals surface area contributed by atoms with E-state index in [0.717, 1.165) is 36.1 Å².